The lowest BCUT2D eigenvalue weighted by atomic mass is 10.1. The number of phenolic OH excluding ortho intramolecular Hbond substituents is 1. The second-order valence-corrected chi connectivity index (χ2v) is 3.84. The van der Waals surface area contributed by atoms with Crippen LogP contribution in [0.4, 0.5) is 0 Å². The van der Waals surface area contributed by atoms with Crippen LogP contribution in [0.1, 0.15) is 17.3 Å². The summed E-state index contributed by atoms with van der Waals surface area (Å²) in [4.78, 5) is 0.101. The van der Waals surface area contributed by atoms with Crippen molar-refractivity contribution >= 4 is 28.3 Å². The fourth-order valence-corrected chi connectivity index (χ4v) is 1.28. The maximum Gasteiger partial charge on any atom is 0.115 e. The van der Waals surface area contributed by atoms with Gasteiger partial charge in [0, 0.05) is 6.04 Å². The van der Waals surface area contributed by atoms with Gasteiger partial charge in [0.15, 0.2) is 0 Å². The van der Waals surface area contributed by atoms with E-state index in [-0.39, 0.29) is 29.0 Å². The SMILES string of the molecule is CC(N)C(Br)c1cccc(O)c1.Cl. The van der Waals surface area contributed by atoms with Crippen LogP contribution in [0, 0.1) is 0 Å². The molecule has 4 heteroatoms. The first-order valence-corrected chi connectivity index (χ1v) is 4.71. The standard InChI is InChI=1S/C9H12BrNO.ClH/c1-6(11)9(10)7-3-2-4-8(12)5-7;/h2-6,9,12H,11H2,1H3;1H. The molecular formula is C9H13BrClNO. The smallest absolute Gasteiger partial charge is 0.115 e. The highest BCUT2D eigenvalue weighted by molar-refractivity contribution is 9.09. The molecule has 0 aromatic heterocycles. The number of nitrogens with two attached hydrogens (primary N) is 1. The normalized spacial score (nSPS) is 14.4. The lowest BCUT2D eigenvalue weighted by Gasteiger charge is -2.13. The van der Waals surface area contributed by atoms with Gasteiger partial charge in [-0.2, -0.15) is 0 Å². The molecule has 1 aromatic carbocycles. The van der Waals surface area contributed by atoms with Crippen molar-refractivity contribution in [1.29, 1.82) is 0 Å². The van der Waals surface area contributed by atoms with E-state index in [1.807, 2.05) is 13.0 Å². The third kappa shape index (κ3) is 3.55. The van der Waals surface area contributed by atoms with Crippen LogP contribution >= 0.6 is 28.3 Å². The molecule has 0 heterocycles. The van der Waals surface area contributed by atoms with E-state index in [0.29, 0.717) is 0 Å². The summed E-state index contributed by atoms with van der Waals surface area (Å²) in [6, 6.07) is 7.13. The summed E-state index contributed by atoms with van der Waals surface area (Å²) in [5.41, 5.74) is 6.69. The Kier molecular flexibility index (Phi) is 5.37. The number of rotatable bonds is 2. The second kappa shape index (κ2) is 5.47. The van der Waals surface area contributed by atoms with Gasteiger partial charge in [-0.15, -0.1) is 12.4 Å². The Hall–Kier alpha value is -0.250. The number of halogens is 2. The second-order valence-electron chi connectivity index (χ2n) is 2.86. The molecule has 0 aliphatic heterocycles. The number of alkyl halides is 1. The van der Waals surface area contributed by atoms with Crippen LogP contribution in [-0.4, -0.2) is 11.1 Å². The Bertz CT molecular complexity index is 268. The van der Waals surface area contributed by atoms with Crippen molar-refractivity contribution in [3.63, 3.8) is 0 Å². The lowest BCUT2D eigenvalue weighted by molar-refractivity contribution is 0.474. The Morgan fingerprint density at radius 2 is 2.08 bits per heavy atom. The highest BCUT2D eigenvalue weighted by Crippen LogP contribution is 2.27. The third-order valence-corrected chi connectivity index (χ3v) is 3.01. The van der Waals surface area contributed by atoms with Crippen LogP contribution in [-0.2, 0) is 0 Å². The van der Waals surface area contributed by atoms with E-state index in [1.54, 1.807) is 18.2 Å². The Morgan fingerprint density at radius 1 is 1.46 bits per heavy atom. The molecule has 1 aromatic rings. The first-order valence-electron chi connectivity index (χ1n) is 3.80. The van der Waals surface area contributed by atoms with Crippen LogP contribution in [0.5, 0.6) is 5.75 Å². The molecular weight excluding hydrogens is 253 g/mol. The predicted octanol–water partition coefficient (Wildman–Crippen LogP) is 2.60. The molecule has 0 amide bonds. The van der Waals surface area contributed by atoms with Crippen LogP contribution in [0.25, 0.3) is 0 Å². The minimum atomic E-state index is 0. The van der Waals surface area contributed by atoms with Crippen LogP contribution in [0.15, 0.2) is 24.3 Å². The van der Waals surface area contributed by atoms with E-state index in [1.165, 1.54) is 0 Å². The monoisotopic (exact) mass is 265 g/mol. The largest absolute Gasteiger partial charge is 0.508 e. The molecule has 0 aliphatic rings. The van der Waals surface area contributed by atoms with Crippen molar-refractivity contribution in [1.82, 2.24) is 0 Å². The number of hydrogen-bond donors (Lipinski definition) is 2. The van der Waals surface area contributed by atoms with Crippen molar-refractivity contribution in [2.45, 2.75) is 17.8 Å². The summed E-state index contributed by atoms with van der Waals surface area (Å²) < 4.78 is 0. The fourth-order valence-electron chi connectivity index (χ4n) is 1.000. The van der Waals surface area contributed by atoms with Gasteiger partial charge in [-0.25, -0.2) is 0 Å². The molecule has 3 N–H and O–H groups in total. The third-order valence-electron chi connectivity index (χ3n) is 1.65. The van der Waals surface area contributed by atoms with Crippen molar-refractivity contribution in [3.8, 4) is 5.75 Å². The molecule has 0 fully saturated rings. The Morgan fingerprint density at radius 3 is 2.54 bits per heavy atom. The summed E-state index contributed by atoms with van der Waals surface area (Å²) in [5, 5.41) is 9.18. The summed E-state index contributed by atoms with van der Waals surface area (Å²) in [7, 11) is 0. The number of aromatic hydroxyl groups is 1. The molecule has 0 bridgehead atoms. The van der Waals surface area contributed by atoms with E-state index in [4.69, 9.17) is 5.73 Å². The van der Waals surface area contributed by atoms with Crippen molar-refractivity contribution in [2.24, 2.45) is 5.73 Å². The summed E-state index contributed by atoms with van der Waals surface area (Å²) in [6.45, 7) is 1.92. The minimum Gasteiger partial charge on any atom is -0.508 e. The topological polar surface area (TPSA) is 46.2 Å². The van der Waals surface area contributed by atoms with Gasteiger partial charge in [0.25, 0.3) is 0 Å². The first kappa shape index (κ1) is 12.8. The summed E-state index contributed by atoms with van der Waals surface area (Å²) >= 11 is 3.45. The minimum absolute atomic E-state index is 0. The molecule has 0 spiro atoms. The number of phenols is 1. The molecule has 2 unspecified atom stereocenters. The van der Waals surface area contributed by atoms with Crippen molar-refractivity contribution in [3.05, 3.63) is 29.8 Å². The van der Waals surface area contributed by atoms with E-state index in [2.05, 4.69) is 15.9 Å². The van der Waals surface area contributed by atoms with E-state index >= 15 is 0 Å². The molecule has 0 aliphatic carbocycles. The van der Waals surface area contributed by atoms with Gasteiger partial charge in [0.1, 0.15) is 5.75 Å². The van der Waals surface area contributed by atoms with Crippen LogP contribution in [0.2, 0.25) is 0 Å². The van der Waals surface area contributed by atoms with E-state index < -0.39 is 0 Å². The van der Waals surface area contributed by atoms with Crippen LogP contribution < -0.4 is 5.73 Å². The zero-order valence-electron chi connectivity index (χ0n) is 7.27. The molecule has 0 radical (unpaired) electrons. The highest BCUT2D eigenvalue weighted by atomic mass is 79.9. The molecule has 2 atom stereocenters. The van der Waals surface area contributed by atoms with Gasteiger partial charge in [-0.05, 0) is 24.6 Å². The molecule has 0 saturated carbocycles. The van der Waals surface area contributed by atoms with E-state index in [9.17, 15) is 5.11 Å². The highest BCUT2D eigenvalue weighted by Gasteiger charge is 2.11. The number of benzene rings is 1. The zero-order valence-corrected chi connectivity index (χ0v) is 9.68. The first-order chi connectivity index (χ1) is 5.61. The average Bonchev–Trinajstić information content (AvgIpc) is 2.03. The maximum atomic E-state index is 9.18. The lowest BCUT2D eigenvalue weighted by Crippen LogP contribution is -2.20. The van der Waals surface area contributed by atoms with Gasteiger partial charge in [-0.1, -0.05) is 28.1 Å². The average molecular weight is 267 g/mol. The van der Waals surface area contributed by atoms with Crippen molar-refractivity contribution in [2.75, 3.05) is 0 Å². The molecule has 2 nitrogen and oxygen atoms in total. The van der Waals surface area contributed by atoms with Crippen molar-refractivity contribution < 1.29 is 5.11 Å². The van der Waals surface area contributed by atoms with Gasteiger partial charge in [0.05, 0.1) is 4.83 Å². The number of hydrogen-bond acceptors (Lipinski definition) is 2. The molecule has 1 rings (SSSR count). The van der Waals surface area contributed by atoms with Gasteiger partial charge < -0.3 is 10.8 Å². The molecule has 0 saturated heterocycles. The fraction of sp³-hybridized carbons (Fsp3) is 0.333. The summed E-state index contributed by atoms with van der Waals surface area (Å²) in [6.07, 6.45) is 0. The van der Waals surface area contributed by atoms with Crippen LogP contribution in [0.3, 0.4) is 0 Å². The van der Waals surface area contributed by atoms with Gasteiger partial charge >= 0.3 is 0 Å². The van der Waals surface area contributed by atoms with Gasteiger partial charge in [0.2, 0.25) is 0 Å². The predicted molar refractivity (Wildman–Crippen MR) is 60.7 cm³/mol. The zero-order chi connectivity index (χ0) is 9.14. The van der Waals surface area contributed by atoms with E-state index in [0.717, 1.165) is 5.56 Å². The molecule has 74 valence electrons. The maximum absolute atomic E-state index is 9.18. The Labute approximate surface area is 92.7 Å². The van der Waals surface area contributed by atoms with Gasteiger partial charge in [-0.3, -0.25) is 0 Å². The molecule has 13 heavy (non-hydrogen) atoms. The summed E-state index contributed by atoms with van der Waals surface area (Å²) in [5.74, 6) is 0.276. The Balaban J connectivity index is 0.00000144. The quantitative estimate of drug-likeness (QED) is 0.808.